The number of hydrogen-bond acceptors (Lipinski definition) is 3. The second kappa shape index (κ2) is 8.58. The highest BCUT2D eigenvalue weighted by Gasteiger charge is 2.53. The molecular weight excluding hydrogens is 429 g/mol. The van der Waals surface area contributed by atoms with Crippen molar-refractivity contribution in [2.75, 3.05) is 41.0 Å². The fourth-order valence-electron chi connectivity index (χ4n) is 3.69. The number of hydrogen-bond donors (Lipinski definition) is 1. The van der Waals surface area contributed by atoms with Gasteiger partial charge in [-0.1, -0.05) is 25.1 Å². The summed E-state index contributed by atoms with van der Waals surface area (Å²) in [4.78, 5) is 6.69. The first-order chi connectivity index (χ1) is 11.6. The predicted molar refractivity (Wildman–Crippen MR) is 112 cm³/mol. The third kappa shape index (κ3) is 4.39. The molecule has 0 spiro atoms. The molecule has 1 saturated carbocycles. The van der Waals surface area contributed by atoms with Crippen LogP contribution in [0.3, 0.4) is 0 Å². The summed E-state index contributed by atoms with van der Waals surface area (Å²) < 4.78 is 11.0. The minimum atomic E-state index is 0. The molecule has 1 heterocycles. The molecule has 6 heteroatoms. The third-order valence-corrected chi connectivity index (χ3v) is 5.39. The lowest BCUT2D eigenvalue weighted by molar-refractivity contribution is 0.181. The van der Waals surface area contributed by atoms with Crippen LogP contribution in [0.5, 0.6) is 5.75 Å². The second-order valence-electron chi connectivity index (χ2n) is 7.18. The Balaban J connectivity index is 0.00000225. The second-order valence-corrected chi connectivity index (χ2v) is 7.18. The summed E-state index contributed by atoms with van der Waals surface area (Å²) in [5, 5.41) is 3.63. The minimum Gasteiger partial charge on any atom is -0.496 e. The SMILES string of the molecule is CN=C(NC1CC1(C)c1ccccc1OC)N(C)CC1CCOC1.I. The summed E-state index contributed by atoms with van der Waals surface area (Å²) in [5.74, 6) is 2.54. The third-order valence-electron chi connectivity index (χ3n) is 5.39. The summed E-state index contributed by atoms with van der Waals surface area (Å²) in [6.45, 7) is 5.03. The van der Waals surface area contributed by atoms with Crippen molar-refractivity contribution < 1.29 is 9.47 Å². The van der Waals surface area contributed by atoms with Crippen molar-refractivity contribution in [3.05, 3.63) is 29.8 Å². The summed E-state index contributed by atoms with van der Waals surface area (Å²) >= 11 is 0. The number of methoxy groups -OCH3 is 1. The molecule has 1 saturated heterocycles. The lowest BCUT2D eigenvalue weighted by atomic mass is 9.96. The van der Waals surface area contributed by atoms with E-state index in [2.05, 4.69) is 41.3 Å². The Labute approximate surface area is 168 Å². The first-order valence-electron chi connectivity index (χ1n) is 8.74. The van der Waals surface area contributed by atoms with Gasteiger partial charge in [-0.3, -0.25) is 4.99 Å². The average molecular weight is 459 g/mol. The van der Waals surface area contributed by atoms with Gasteiger partial charge in [0, 0.05) is 50.2 Å². The van der Waals surface area contributed by atoms with E-state index in [0.717, 1.165) is 44.3 Å². The lowest BCUT2D eigenvalue weighted by Crippen LogP contribution is -2.43. The predicted octanol–water partition coefficient (Wildman–Crippen LogP) is 2.89. The van der Waals surface area contributed by atoms with Crippen molar-refractivity contribution in [1.29, 1.82) is 0 Å². The van der Waals surface area contributed by atoms with Crippen LogP contribution >= 0.6 is 24.0 Å². The first-order valence-corrected chi connectivity index (χ1v) is 8.74. The molecule has 1 aliphatic heterocycles. The van der Waals surface area contributed by atoms with Gasteiger partial charge in [-0.25, -0.2) is 0 Å². The maximum Gasteiger partial charge on any atom is 0.193 e. The van der Waals surface area contributed by atoms with Crippen molar-refractivity contribution in [2.24, 2.45) is 10.9 Å². The lowest BCUT2D eigenvalue weighted by Gasteiger charge is -2.25. The normalized spacial score (nSPS) is 28.2. The monoisotopic (exact) mass is 459 g/mol. The van der Waals surface area contributed by atoms with Crippen LogP contribution in [0.2, 0.25) is 0 Å². The van der Waals surface area contributed by atoms with Gasteiger partial charge in [0.05, 0.1) is 13.7 Å². The van der Waals surface area contributed by atoms with E-state index < -0.39 is 0 Å². The number of aliphatic imine (C=N–C) groups is 1. The zero-order chi connectivity index (χ0) is 17.2. The van der Waals surface area contributed by atoms with E-state index in [1.165, 1.54) is 5.56 Å². The fraction of sp³-hybridized carbons (Fsp3) is 0.632. The Hall–Kier alpha value is -1.02. The highest BCUT2D eigenvalue weighted by atomic mass is 127. The standard InChI is InChI=1S/C19H29N3O2.HI/c1-19(15-7-5-6-8-16(15)23-4)11-17(19)21-18(20-2)22(3)12-14-9-10-24-13-14;/h5-8,14,17H,9-13H2,1-4H3,(H,20,21);1H. The molecule has 1 aromatic carbocycles. The Morgan fingerprint density at radius 3 is 2.84 bits per heavy atom. The number of halogens is 1. The Morgan fingerprint density at radius 1 is 1.44 bits per heavy atom. The molecule has 25 heavy (non-hydrogen) atoms. The van der Waals surface area contributed by atoms with Gasteiger partial charge in [-0.05, 0) is 18.9 Å². The van der Waals surface area contributed by atoms with E-state index in [-0.39, 0.29) is 29.4 Å². The molecule has 2 aliphatic rings. The number of rotatable bonds is 5. The Bertz CT molecular complexity index is 604. The van der Waals surface area contributed by atoms with Gasteiger partial charge in [0.2, 0.25) is 0 Å². The number of ether oxygens (including phenoxy) is 2. The molecule has 1 N–H and O–H groups in total. The number of benzene rings is 1. The largest absolute Gasteiger partial charge is 0.496 e. The molecule has 0 amide bonds. The summed E-state index contributed by atoms with van der Waals surface area (Å²) in [6, 6.07) is 8.70. The van der Waals surface area contributed by atoms with E-state index in [9.17, 15) is 0 Å². The molecule has 140 valence electrons. The maximum atomic E-state index is 5.55. The molecule has 1 aliphatic carbocycles. The number of nitrogens with zero attached hydrogens (tertiary/aromatic N) is 2. The number of para-hydroxylation sites is 1. The van der Waals surface area contributed by atoms with Crippen LogP contribution in [0, 0.1) is 5.92 Å². The van der Waals surface area contributed by atoms with Gasteiger partial charge in [-0.15, -0.1) is 24.0 Å². The summed E-state index contributed by atoms with van der Waals surface area (Å²) in [5.41, 5.74) is 1.37. The highest BCUT2D eigenvalue weighted by molar-refractivity contribution is 14.0. The summed E-state index contributed by atoms with van der Waals surface area (Å²) in [6.07, 6.45) is 2.23. The van der Waals surface area contributed by atoms with Gasteiger partial charge in [0.1, 0.15) is 5.75 Å². The van der Waals surface area contributed by atoms with Crippen LogP contribution in [0.4, 0.5) is 0 Å². The minimum absolute atomic E-state index is 0. The molecule has 2 fully saturated rings. The highest BCUT2D eigenvalue weighted by Crippen LogP contribution is 2.51. The van der Waals surface area contributed by atoms with E-state index in [4.69, 9.17) is 9.47 Å². The van der Waals surface area contributed by atoms with E-state index in [1.54, 1.807) is 7.11 Å². The van der Waals surface area contributed by atoms with E-state index in [0.29, 0.717) is 12.0 Å². The van der Waals surface area contributed by atoms with Gasteiger partial charge < -0.3 is 19.7 Å². The summed E-state index contributed by atoms with van der Waals surface area (Å²) in [7, 11) is 5.70. The average Bonchev–Trinajstić information content (AvgIpc) is 2.99. The Kier molecular flexibility index (Phi) is 6.96. The van der Waals surface area contributed by atoms with Crippen LogP contribution in [0.25, 0.3) is 0 Å². The zero-order valence-electron chi connectivity index (χ0n) is 15.6. The van der Waals surface area contributed by atoms with E-state index in [1.807, 2.05) is 19.2 Å². The van der Waals surface area contributed by atoms with Crippen molar-refractivity contribution in [3.63, 3.8) is 0 Å². The molecule has 0 aromatic heterocycles. The fourth-order valence-corrected chi connectivity index (χ4v) is 3.69. The van der Waals surface area contributed by atoms with Crippen molar-refractivity contribution in [3.8, 4) is 5.75 Å². The molecule has 1 aromatic rings. The van der Waals surface area contributed by atoms with Crippen molar-refractivity contribution >= 4 is 29.9 Å². The van der Waals surface area contributed by atoms with Gasteiger partial charge in [-0.2, -0.15) is 0 Å². The van der Waals surface area contributed by atoms with Crippen molar-refractivity contribution in [2.45, 2.75) is 31.2 Å². The maximum absolute atomic E-state index is 5.55. The molecule has 3 rings (SSSR count). The van der Waals surface area contributed by atoms with Gasteiger partial charge >= 0.3 is 0 Å². The number of guanidine groups is 1. The molecule has 0 bridgehead atoms. The zero-order valence-corrected chi connectivity index (χ0v) is 17.9. The quantitative estimate of drug-likeness (QED) is 0.418. The smallest absolute Gasteiger partial charge is 0.193 e. The van der Waals surface area contributed by atoms with Crippen molar-refractivity contribution in [1.82, 2.24) is 10.2 Å². The van der Waals surface area contributed by atoms with Crippen LogP contribution in [0.15, 0.2) is 29.3 Å². The van der Waals surface area contributed by atoms with Gasteiger partial charge in [0.25, 0.3) is 0 Å². The topological polar surface area (TPSA) is 46.1 Å². The van der Waals surface area contributed by atoms with Gasteiger partial charge in [0.15, 0.2) is 5.96 Å². The number of nitrogens with one attached hydrogen (secondary N) is 1. The molecule has 3 unspecified atom stereocenters. The first kappa shape index (κ1) is 20.3. The van der Waals surface area contributed by atoms with Crippen LogP contribution in [-0.2, 0) is 10.2 Å². The van der Waals surface area contributed by atoms with Crippen LogP contribution in [-0.4, -0.2) is 57.9 Å². The molecule has 0 radical (unpaired) electrons. The van der Waals surface area contributed by atoms with Crippen LogP contribution < -0.4 is 10.1 Å². The van der Waals surface area contributed by atoms with Crippen LogP contribution in [0.1, 0.15) is 25.3 Å². The molecule has 3 atom stereocenters. The molecular formula is C19H30IN3O2. The molecule has 5 nitrogen and oxygen atoms in total. The van der Waals surface area contributed by atoms with E-state index >= 15 is 0 Å². The Morgan fingerprint density at radius 2 is 2.20 bits per heavy atom.